The molecule has 2 aliphatic heterocycles. The summed E-state index contributed by atoms with van der Waals surface area (Å²) in [4.78, 5) is 18.4. The van der Waals surface area contributed by atoms with Gasteiger partial charge in [-0.1, -0.05) is 5.21 Å². The van der Waals surface area contributed by atoms with Crippen LogP contribution in [0.5, 0.6) is 0 Å². The number of halogens is 3. The molecule has 12 heteroatoms. The molecule has 2 aromatic heterocycles. The van der Waals surface area contributed by atoms with E-state index in [1.807, 2.05) is 0 Å². The summed E-state index contributed by atoms with van der Waals surface area (Å²) in [6.07, 6.45) is 4.09. The molecule has 200 valence electrons. The Hall–Kier alpha value is -3.51. The van der Waals surface area contributed by atoms with Crippen molar-refractivity contribution in [2.24, 2.45) is 0 Å². The first-order chi connectivity index (χ1) is 18.4. The standard InChI is InChI=1S/C26H28F3N7O2/c1-14-6-20(27)18(26(37)32-15-2-3-15)8-24(14)36-11-23(33-34-36)19-7-16(9-30-25(19)29)31-22-4-5-35(10-21(22)28)17-12-38-13-17/h6-9,11,15,17,21-22,31H,2-5,10,12-13H2,1H3,(H,32,37). The van der Waals surface area contributed by atoms with Gasteiger partial charge in [-0.25, -0.2) is 18.4 Å². The fourth-order valence-corrected chi connectivity index (χ4v) is 4.86. The van der Waals surface area contributed by atoms with Crippen molar-refractivity contribution < 1.29 is 22.7 Å². The van der Waals surface area contributed by atoms with Gasteiger partial charge in [0.2, 0.25) is 5.95 Å². The third-order valence-electron chi connectivity index (χ3n) is 7.36. The summed E-state index contributed by atoms with van der Waals surface area (Å²) in [5, 5.41) is 14.1. The van der Waals surface area contributed by atoms with Crippen LogP contribution in [0.4, 0.5) is 18.9 Å². The quantitative estimate of drug-likeness (QED) is 0.456. The van der Waals surface area contributed by atoms with Gasteiger partial charge in [-0.15, -0.1) is 5.10 Å². The Morgan fingerprint density at radius 2 is 1.97 bits per heavy atom. The molecule has 1 aromatic carbocycles. The lowest BCUT2D eigenvalue weighted by Gasteiger charge is -2.43. The molecule has 1 aliphatic carbocycles. The van der Waals surface area contributed by atoms with Gasteiger partial charge < -0.3 is 15.4 Å². The number of aromatic nitrogens is 4. The lowest BCUT2D eigenvalue weighted by molar-refractivity contribution is -0.0794. The normalized spacial score (nSPS) is 22.2. The van der Waals surface area contributed by atoms with Gasteiger partial charge in [-0.2, -0.15) is 4.39 Å². The van der Waals surface area contributed by atoms with Crippen LogP contribution in [-0.4, -0.2) is 81.4 Å². The predicted octanol–water partition coefficient (Wildman–Crippen LogP) is 3.03. The van der Waals surface area contributed by atoms with E-state index in [0.29, 0.717) is 43.1 Å². The maximum atomic E-state index is 14.9. The molecular formula is C26H28F3N7O2. The molecule has 2 saturated heterocycles. The van der Waals surface area contributed by atoms with E-state index >= 15 is 0 Å². The van der Waals surface area contributed by atoms with Crippen molar-refractivity contribution in [1.82, 2.24) is 30.2 Å². The minimum atomic E-state index is -1.09. The lowest BCUT2D eigenvalue weighted by Crippen LogP contribution is -2.57. The number of alkyl halides is 1. The molecule has 1 amide bonds. The first-order valence-corrected chi connectivity index (χ1v) is 12.8. The Bertz CT molecular complexity index is 1360. The number of ether oxygens (including phenoxy) is 1. The topological polar surface area (TPSA) is 97.2 Å². The van der Waals surface area contributed by atoms with Gasteiger partial charge in [0.25, 0.3) is 5.91 Å². The van der Waals surface area contributed by atoms with Crippen LogP contribution < -0.4 is 10.6 Å². The second-order valence-electron chi connectivity index (χ2n) is 10.2. The number of carbonyl (C=O) groups excluding carboxylic acids is 1. The number of piperidine rings is 1. The van der Waals surface area contributed by atoms with Crippen molar-refractivity contribution in [2.75, 3.05) is 31.6 Å². The lowest BCUT2D eigenvalue weighted by atomic mass is 10.00. The summed E-state index contributed by atoms with van der Waals surface area (Å²) in [5.74, 6) is -1.87. The number of hydrogen-bond donors (Lipinski definition) is 2. The summed E-state index contributed by atoms with van der Waals surface area (Å²) < 4.78 is 50.7. The number of nitrogens with zero attached hydrogens (tertiary/aromatic N) is 5. The average molecular weight is 528 g/mol. The van der Waals surface area contributed by atoms with Crippen LogP contribution in [0.2, 0.25) is 0 Å². The molecule has 2 atom stereocenters. The smallest absolute Gasteiger partial charge is 0.254 e. The summed E-state index contributed by atoms with van der Waals surface area (Å²) in [5.41, 5.74) is 1.64. The largest absolute Gasteiger partial charge is 0.378 e. The van der Waals surface area contributed by atoms with E-state index in [1.165, 1.54) is 35.3 Å². The second-order valence-corrected chi connectivity index (χ2v) is 10.2. The van der Waals surface area contributed by atoms with Crippen LogP contribution >= 0.6 is 0 Å². The molecule has 3 aliphatic rings. The zero-order chi connectivity index (χ0) is 26.4. The van der Waals surface area contributed by atoms with Crippen molar-refractivity contribution in [3.8, 4) is 16.9 Å². The molecule has 9 nitrogen and oxygen atoms in total. The van der Waals surface area contributed by atoms with Gasteiger partial charge in [0.05, 0.1) is 60.2 Å². The Morgan fingerprint density at radius 3 is 2.68 bits per heavy atom. The fourth-order valence-electron chi connectivity index (χ4n) is 4.86. The van der Waals surface area contributed by atoms with E-state index in [0.717, 1.165) is 19.4 Å². The summed E-state index contributed by atoms with van der Waals surface area (Å²) in [7, 11) is 0. The molecular weight excluding hydrogens is 499 g/mol. The van der Waals surface area contributed by atoms with E-state index in [1.54, 1.807) is 6.92 Å². The molecule has 4 heterocycles. The number of hydrogen-bond acceptors (Lipinski definition) is 7. The predicted molar refractivity (Wildman–Crippen MR) is 133 cm³/mol. The van der Waals surface area contributed by atoms with E-state index in [4.69, 9.17) is 4.74 Å². The molecule has 0 spiro atoms. The highest BCUT2D eigenvalue weighted by Gasteiger charge is 2.35. The number of benzene rings is 1. The minimum absolute atomic E-state index is 0.0820. The van der Waals surface area contributed by atoms with E-state index < -0.39 is 29.9 Å². The van der Waals surface area contributed by atoms with Crippen LogP contribution in [0.15, 0.2) is 30.6 Å². The first-order valence-electron chi connectivity index (χ1n) is 12.8. The third-order valence-corrected chi connectivity index (χ3v) is 7.36. The Kier molecular flexibility index (Phi) is 6.52. The van der Waals surface area contributed by atoms with Crippen LogP contribution in [0.25, 0.3) is 16.9 Å². The van der Waals surface area contributed by atoms with E-state index in [2.05, 4.69) is 30.8 Å². The number of rotatable bonds is 7. The second kappa shape index (κ2) is 9.99. The molecule has 2 unspecified atom stereocenters. The molecule has 6 rings (SSSR count). The van der Waals surface area contributed by atoms with E-state index in [9.17, 15) is 18.0 Å². The molecule has 3 aromatic rings. The Morgan fingerprint density at radius 1 is 1.16 bits per heavy atom. The van der Waals surface area contributed by atoms with Gasteiger partial charge in [-0.3, -0.25) is 9.69 Å². The zero-order valence-corrected chi connectivity index (χ0v) is 20.8. The van der Waals surface area contributed by atoms with Crippen molar-refractivity contribution in [1.29, 1.82) is 0 Å². The van der Waals surface area contributed by atoms with Gasteiger partial charge in [0, 0.05) is 19.1 Å². The zero-order valence-electron chi connectivity index (χ0n) is 20.8. The summed E-state index contributed by atoms with van der Waals surface area (Å²) in [6, 6.07) is 4.15. The Balaban J connectivity index is 1.20. The number of amides is 1. The molecule has 2 N–H and O–H groups in total. The number of aryl methyl sites for hydroxylation is 1. The van der Waals surface area contributed by atoms with Crippen molar-refractivity contribution in [2.45, 2.75) is 50.5 Å². The highest BCUT2D eigenvalue weighted by Crippen LogP contribution is 2.28. The van der Waals surface area contributed by atoms with Gasteiger partial charge >= 0.3 is 0 Å². The first kappa shape index (κ1) is 24.8. The number of carbonyl (C=O) groups is 1. The number of likely N-dealkylation sites (tertiary alicyclic amines) is 1. The van der Waals surface area contributed by atoms with Crippen LogP contribution in [0, 0.1) is 18.7 Å². The molecule has 0 bridgehead atoms. The molecule has 38 heavy (non-hydrogen) atoms. The third kappa shape index (κ3) is 4.97. The number of anilines is 1. The minimum Gasteiger partial charge on any atom is -0.378 e. The van der Waals surface area contributed by atoms with Gasteiger partial charge in [0.1, 0.15) is 17.7 Å². The molecule has 1 saturated carbocycles. The van der Waals surface area contributed by atoms with Crippen molar-refractivity contribution >= 4 is 11.6 Å². The fraction of sp³-hybridized carbons (Fsp3) is 0.462. The van der Waals surface area contributed by atoms with Crippen LogP contribution in [0.3, 0.4) is 0 Å². The SMILES string of the molecule is Cc1cc(F)c(C(=O)NC2CC2)cc1-n1cc(-c2cc(NC3CCN(C4COC4)CC3F)cnc2F)nn1. The molecule has 0 radical (unpaired) electrons. The summed E-state index contributed by atoms with van der Waals surface area (Å²) >= 11 is 0. The van der Waals surface area contributed by atoms with E-state index in [-0.39, 0.29) is 28.9 Å². The summed E-state index contributed by atoms with van der Waals surface area (Å²) in [6.45, 7) is 4.04. The van der Waals surface area contributed by atoms with Gasteiger partial charge in [0.15, 0.2) is 0 Å². The maximum Gasteiger partial charge on any atom is 0.254 e. The Labute approximate surface area is 217 Å². The average Bonchev–Trinajstić information content (AvgIpc) is 3.53. The van der Waals surface area contributed by atoms with Crippen LogP contribution in [0.1, 0.15) is 35.2 Å². The van der Waals surface area contributed by atoms with Crippen molar-refractivity contribution in [3.05, 3.63) is 53.5 Å². The van der Waals surface area contributed by atoms with Crippen molar-refractivity contribution in [3.63, 3.8) is 0 Å². The maximum absolute atomic E-state index is 14.9. The molecule has 3 fully saturated rings. The van der Waals surface area contributed by atoms with Gasteiger partial charge in [-0.05, 0) is 49.9 Å². The number of nitrogens with one attached hydrogen (secondary N) is 2. The van der Waals surface area contributed by atoms with Crippen LogP contribution in [-0.2, 0) is 4.74 Å². The highest BCUT2D eigenvalue weighted by atomic mass is 19.1. The number of pyridine rings is 1. The highest BCUT2D eigenvalue weighted by molar-refractivity contribution is 5.95. The monoisotopic (exact) mass is 527 g/mol.